The van der Waals surface area contributed by atoms with Crippen LogP contribution in [0.2, 0.25) is 0 Å². The third-order valence-electron chi connectivity index (χ3n) is 2.91. The van der Waals surface area contributed by atoms with Gasteiger partial charge in [0.05, 0.1) is 5.69 Å². The van der Waals surface area contributed by atoms with Crippen molar-refractivity contribution >= 4 is 23.1 Å². The molecular formula is C11H18N2S2. The van der Waals surface area contributed by atoms with Gasteiger partial charge in [-0.3, -0.25) is 0 Å². The van der Waals surface area contributed by atoms with E-state index in [4.69, 9.17) is 5.73 Å². The second-order valence-electron chi connectivity index (χ2n) is 4.26. The van der Waals surface area contributed by atoms with E-state index < -0.39 is 0 Å². The van der Waals surface area contributed by atoms with Crippen LogP contribution in [0.5, 0.6) is 0 Å². The summed E-state index contributed by atoms with van der Waals surface area (Å²) in [4.78, 5) is 4.63. The Hall–Kier alpha value is -0.0600. The van der Waals surface area contributed by atoms with Gasteiger partial charge in [-0.15, -0.1) is 11.3 Å². The van der Waals surface area contributed by atoms with Crippen molar-refractivity contribution in [3.63, 3.8) is 0 Å². The smallest absolute Gasteiger partial charge is 0.103 e. The molecule has 84 valence electrons. The van der Waals surface area contributed by atoms with Crippen LogP contribution >= 0.6 is 23.1 Å². The number of aromatic nitrogens is 1. The van der Waals surface area contributed by atoms with E-state index in [9.17, 15) is 0 Å². The van der Waals surface area contributed by atoms with E-state index in [0.29, 0.717) is 0 Å². The number of thioether (sulfide) groups is 1. The van der Waals surface area contributed by atoms with Crippen molar-refractivity contribution in [1.82, 2.24) is 4.98 Å². The first kappa shape index (κ1) is 11.4. The molecule has 1 aliphatic carbocycles. The molecule has 1 aromatic rings. The van der Waals surface area contributed by atoms with E-state index in [1.54, 1.807) is 11.3 Å². The normalized spacial score (nSPS) is 18.8. The molecule has 0 aromatic carbocycles. The summed E-state index contributed by atoms with van der Waals surface area (Å²) in [5, 5.41) is 3.43. The van der Waals surface area contributed by atoms with E-state index >= 15 is 0 Å². The Bertz CT molecular complexity index is 318. The van der Waals surface area contributed by atoms with E-state index in [2.05, 4.69) is 17.3 Å². The fourth-order valence-corrected chi connectivity index (χ4v) is 3.40. The Labute approximate surface area is 99.7 Å². The van der Waals surface area contributed by atoms with Gasteiger partial charge in [0.1, 0.15) is 5.01 Å². The predicted molar refractivity (Wildman–Crippen MR) is 68.4 cm³/mol. The fraction of sp³-hybridized carbons (Fsp3) is 0.727. The molecule has 0 amide bonds. The Morgan fingerprint density at radius 3 is 3.00 bits per heavy atom. The molecule has 1 heterocycles. The van der Waals surface area contributed by atoms with Crippen molar-refractivity contribution in [2.24, 2.45) is 5.73 Å². The van der Waals surface area contributed by atoms with Crippen LogP contribution in [0.25, 0.3) is 0 Å². The molecule has 1 fully saturated rings. The van der Waals surface area contributed by atoms with Crippen molar-refractivity contribution in [1.29, 1.82) is 0 Å². The molecule has 4 heteroatoms. The Morgan fingerprint density at radius 1 is 1.60 bits per heavy atom. The monoisotopic (exact) mass is 242 g/mol. The van der Waals surface area contributed by atoms with Gasteiger partial charge in [-0.1, -0.05) is 6.92 Å². The molecule has 1 saturated carbocycles. The highest BCUT2D eigenvalue weighted by Gasteiger charge is 2.33. The molecule has 1 aromatic heterocycles. The van der Waals surface area contributed by atoms with Crippen LogP contribution < -0.4 is 5.73 Å². The summed E-state index contributed by atoms with van der Waals surface area (Å²) in [6.07, 6.45) is 4.60. The van der Waals surface area contributed by atoms with E-state index in [0.717, 1.165) is 17.9 Å². The first-order chi connectivity index (χ1) is 7.22. The summed E-state index contributed by atoms with van der Waals surface area (Å²) < 4.78 is 0. The first-order valence-electron chi connectivity index (χ1n) is 5.52. The lowest BCUT2D eigenvalue weighted by atomic mass is 9.75. The topological polar surface area (TPSA) is 38.9 Å². The zero-order valence-corrected chi connectivity index (χ0v) is 10.8. The first-order valence-corrected chi connectivity index (χ1v) is 7.55. The van der Waals surface area contributed by atoms with Crippen LogP contribution in [0.1, 0.15) is 36.9 Å². The molecular weight excluding hydrogens is 224 g/mol. The minimum absolute atomic E-state index is 0.0727. The third-order valence-corrected chi connectivity index (χ3v) is 4.88. The Morgan fingerprint density at radius 2 is 2.40 bits per heavy atom. The Kier molecular flexibility index (Phi) is 3.69. The van der Waals surface area contributed by atoms with Gasteiger partial charge in [0.25, 0.3) is 0 Å². The summed E-state index contributed by atoms with van der Waals surface area (Å²) in [7, 11) is 0. The van der Waals surface area contributed by atoms with E-state index in [1.165, 1.54) is 30.0 Å². The van der Waals surface area contributed by atoms with Crippen LogP contribution in [-0.2, 0) is 12.2 Å². The zero-order chi connectivity index (χ0) is 10.7. The van der Waals surface area contributed by atoms with Gasteiger partial charge in [0.2, 0.25) is 0 Å². The summed E-state index contributed by atoms with van der Waals surface area (Å²) in [6.45, 7) is 2.18. The quantitative estimate of drug-likeness (QED) is 0.863. The zero-order valence-electron chi connectivity index (χ0n) is 9.16. The predicted octanol–water partition coefficient (Wildman–Crippen LogP) is 2.82. The summed E-state index contributed by atoms with van der Waals surface area (Å²) >= 11 is 3.71. The number of hydrogen-bond acceptors (Lipinski definition) is 4. The molecule has 0 spiro atoms. The molecule has 0 bridgehead atoms. The van der Waals surface area contributed by atoms with Gasteiger partial charge in [-0.05, 0) is 25.0 Å². The molecule has 15 heavy (non-hydrogen) atoms. The van der Waals surface area contributed by atoms with Gasteiger partial charge >= 0.3 is 0 Å². The van der Waals surface area contributed by atoms with Crippen molar-refractivity contribution in [2.45, 2.75) is 43.9 Å². The summed E-state index contributed by atoms with van der Waals surface area (Å²) in [6, 6.07) is 0. The second kappa shape index (κ2) is 4.85. The molecule has 0 unspecified atom stereocenters. The van der Waals surface area contributed by atoms with Crippen molar-refractivity contribution < 1.29 is 0 Å². The highest BCUT2D eigenvalue weighted by Crippen LogP contribution is 2.32. The maximum Gasteiger partial charge on any atom is 0.103 e. The number of hydrogen-bond donors (Lipinski definition) is 1. The van der Waals surface area contributed by atoms with Crippen molar-refractivity contribution in [3.8, 4) is 0 Å². The Balaban J connectivity index is 1.89. The molecule has 0 aliphatic heterocycles. The van der Waals surface area contributed by atoms with Crippen molar-refractivity contribution in [2.75, 3.05) is 5.75 Å². The number of rotatable bonds is 5. The average Bonchev–Trinajstić information content (AvgIpc) is 2.60. The maximum atomic E-state index is 6.20. The summed E-state index contributed by atoms with van der Waals surface area (Å²) in [5.74, 6) is 2.22. The number of nitrogens with two attached hydrogens (primary N) is 1. The van der Waals surface area contributed by atoms with E-state index in [-0.39, 0.29) is 5.54 Å². The van der Waals surface area contributed by atoms with Gasteiger partial charge < -0.3 is 5.73 Å². The minimum atomic E-state index is 0.0727. The van der Waals surface area contributed by atoms with Gasteiger partial charge in [0.15, 0.2) is 0 Å². The molecule has 0 saturated heterocycles. The van der Waals surface area contributed by atoms with Crippen LogP contribution in [0, 0.1) is 0 Å². The standard InChI is InChI=1S/C11H18N2S2/c1-2-14-8-10-13-9(7-15-10)6-11(12)4-3-5-11/h7H,2-6,8,12H2,1H3. The van der Waals surface area contributed by atoms with E-state index in [1.807, 2.05) is 11.8 Å². The molecule has 0 atom stereocenters. The lowest BCUT2D eigenvalue weighted by molar-refractivity contribution is 0.246. The number of thiazole rings is 1. The van der Waals surface area contributed by atoms with Gasteiger partial charge in [0, 0.05) is 23.1 Å². The molecule has 2 N–H and O–H groups in total. The average molecular weight is 242 g/mol. The minimum Gasteiger partial charge on any atom is -0.325 e. The SMILES string of the molecule is CCSCc1nc(CC2(N)CCC2)cs1. The van der Waals surface area contributed by atoms with Crippen LogP contribution in [0.15, 0.2) is 5.38 Å². The third kappa shape index (κ3) is 2.95. The lowest BCUT2D eigenvalue weighted by Crippen LogP contribution is -2.48. The van der Waals surface area contributed by atoms with Crippen LogP contribution in [0.3, 0.4) is 0 Å². The molecule has 0 radical (unpaired) electrons. The van der Waals surface area contributed by atoms with Gasteiger partial charge in [-0.25, -0.2) is 4.98 Å². The second-order valence-corrected chi connectivity index (χ2v) is 6.48. The number of nitrogens with zero attached hydrogens (tertiary/aromatic N) is 1. The lowest BCUT2D eigenvalue weighted by Gasteiger charge is -2.37. The highest BCUT2D eigenvalue weighted by molar-refractivity contribution is 7.98. The maximum absolute atomic E-state index is 6.20. The van der Waals surface area contributed by atoms with Crippen LogP contribution in [0.4, 0.5) is 0 Å². The fourth-order valence-electron chi connectivity index (χ4n) is 1.85. The van der Waals surface area contributed by atoms with Crippen LogP contribution in [-0.4, -0.2) is 16.3 Å². The highest BCUT2D eigenvalue weighted by atomic mass is 32.2. The molecule has 2 rings (SSSR count). The van der Waals surface area contributed by atoms with Crippen molar-refractivity contribution in [3.05, 3.63) is 16.1 Å². The largest absolute Gasteiger partial charge is 0.325 e. The van der Waals surface area contributed by atoms with Gasteiger partial charge in [-0.2, -0.15) is 11.8 Å². The summed E-state index contributed by atoms with van der Waals surface area (Å²) in [5.41, 5.74) is 7.48. The molecule has 2 nitrogen and oxygen atoms in total. The molecule has 1 aliphatic rings.